The van der Waals surface area contributed by atoms with Gasteiger partial charge in [0.2, 0.25) is 0 Å². The molecule has 0 unspecified atom stereocenters. The number of aryl methyl sites for hydroxylation is 2. The van der Waals surface area contributed by atoms with Gasteiger partial charge in [-0.2, -0.15) is 0 Å². The summed E-state index contributed by atoms with van der Waals surface area (Å²) in [5.41, 5.74) is 1.26. The highest BCUT2D eigenvalue weighted by Gasteiger charge is 2.03. The lowest BCUT2D eigenvalue weighted by Gasteiger charge is -1.92. The summed E-state index contributed by atoms with van der Waals surface area (Å²) in [5.74, 6) is 0. The molecule has 0 fully saturated rings. The van der Waals surface area contributed by atoms with Gasteiger partial charge in [-0.15, -0.1) is 11.3 Å². The zero-order valence-electron chi connectivity index (χ0n) is 6.26. The molecule has 0 radical (unpaired) electrons. The number of thiophene rings is 1. The predicted octanol–water partition coefficient (Wildman–Crippen LogP) is 2.95. The number of carbonyl (C=O) groups is 1. The molecule has 0 aromatic carbocycles. The summed E-state index contributed by atoms with van der Waals surface area (Å²) in [6.07, 6.45) is 2.45. The van der Waals surface area contributed by atoms with E-state index in [1.165, 1.54) is 14.9 Å². The first kappa shape index (κ1) is 8.94. The zero-order chi connectivity index (χ0) is 8.27. The lowest BCUT2D eigenvalue weighted by molar-refractivity contribution is -0.107. The highest BCUT2D eigenvalue weighted by Crippen LogP contribution is 2.28. The van der Waals surface area contributed by atoms with Gasteiger partial charge in [-0.25, -0.2) is 0 Å². The van der Waals surface area contributed by atoms with Gasteiger partial charge < -0.3 is 4.79 Å². The van der Waals surface area contributed by atoms with Gasteiger partial charge in [0.1, 0.15) is 6.29 Å². The van der Waals surface area contributed by atoms with E-state index in [4.69, 9.17) is 0 Å². The minimum absolute atomic E-state index is 0.624. The van der Waals surface area contributed by atoms with Crippen molar-refractivity contribution < 1.29 is 4.79 Å². The topological polar surface area (TPSA) is 17.1 Å². The molecule has 0 spiro atoms. The lowest BCUT2D eigenvalue weighted by Crippen LogP contribution is -1.82. The second-order valence-corrected chi connectivity index (χ2v) is 4.12. The molecule has 0 aliphatic rings. The number of rotatable bonds is 3. The van der Waals surface area contributed by atoms with Crippen LogP contribution in [0.4, 0.5) is 0 Å². The molecule has 1 nitrogen and oxygen atoms in total. The Kier molecular flexibility index (Phi) is 3.27. The van der Waals surface area contributed by atoms with Gasteiger partial charge in [0.15, 0.2) is 0 Å². The number of carbonyl (C=O) groups excluding carboxylic acids is 1. The lowest BCUT2D eigenvalue weighted by atomic mass is 10.2. The van der Waals surface area contributed by atoms with E-state index < -0.39 is 0 Å². The Morgan fingerprint density at radius 1 is 1.73 bits per heavy atom. The van der Waals surface area contributed by atoms with E-state index in [0.717, 1.165) is 12.7 Å². The molecule has 0 amide bonds. The van der Waals surface area contributed by atoms with Gasteiger partial charge in [-0.1, -0.05) is 0 Å². The fraction of sp³-hybridized carbons (Fsp3) is 0.375. The third-order valence-corrected chi connectivity index (χ3v) is 3.99. The number of halogens is 1. The van der Waals surface area contributed by atoms with Gasteiger partial charge in [0, 0.05) is 15.8 Å². The van der Waals surface area contributed by atoms with Crippen LogP contribution in [0.25, 0.3) is 0 Å². The maximum atomic E-state index is 10.1. The van der Waals surface area contributed by atoms with E-state index in [9.17, 15) is 4.79 Å². The van der Waals surface area contributed by atoms with Crippen molar-refractivity contribution in [2.75, 3.05) is 0 Å². The third-order valence-electron chi connectivity index (χ3n) is 1.46. The first-order valence-corrected chi connectivity index (χ1v) is 5.09. The van der Waals surface area contributed by atoms with Crippen molar-refractivity contribution in [1.29, 1.82) is 0 Å². The molecular formula is C8H9BrOS. The van der Waals surface area contributed by atoms with E-state index in [2.05, 4.69) is 28.2 Å². The highest BCUT2D eigenvalue weighted by atomic mass is 79.9. The molecule has 1 heterocycles. The van der Waals surface area contributed by atoms with E-state index in [-0.39, 0.29) is 0 Å². The maximum Gasteiger partial charge on any atom is 0.120 e. The second-order valence-electron chi connectivity index (χ2n) is 2.36. The summed E-state index contributed by atoms with van der Waals surface area (Å²) in [6.45, 7) is 2.06. The van der Waals surface area contributed by atoms with Crippen LogP contribution < -0.4 is 0 Å². The molecule has 0 saturated heterocycles. The first-order valence-electron chi connectivity index (χ1n) is 3.41. The van der Waals surface area contributed by atoms with Gasteiger partial charge in [0.05, 0.1) is 0 Å². The van der Waals surface area contributed by atoms with Crippen molar-refractivity contribution >= 4 is 33.6 Å². The predicted molar refractivity (Wildman–Crippen MR) is 51.1 cm³/mol. The molecule has 1 aromatic rings. The second kappa shape index (κ2) is 4.02. The summed E-state index contributed by atoms with van der Waals surface area (Å²) in [4.78, 5) is 11.4. The van der Waals surface area contributed by atoms with Crippen LogP contribution in [0.3, 0.4) is 0 Å². The van der Waals surface area contributed by atoms with E-state index in [1.54, 1.807) is 11.3 Å². The van der Waals surface area contributed by atoms with Gasteiger partial charge in [-0.05, 0) is 40.2 Å². The Morgan fingerprint density at radius 3 is 2.91 bits per heavy atom. The quantitative estimate of drug-likeness (QED) is 0.733. The van der Waals surface area contributed by atoms with Gasteiger partial charge in [-0.3, -0.25) is 0 Å². The Hall–Kier alpha value is -0.150. The van der Waals surface area contributed by atoms with Gasteiger partial charge in [0.25, 0.3) is 0 Å². The maximum absolute atomic E-state index is 10.1. The van der Waals surface area contributed by atoms with E-state index in [1.807, 2.05) is 0 Å². The fourth-order valence-corrected chi connectivity index (χ4v) is 2.52. The monoisotopic (exact) mass is 232 g/mol. The SMILES string of the molecule is Cc1csc(CCC=O)c1Br. The van der Waals surface area contributed by atoms with Crippen molar-refractivity contribution in [3.8, 4) is 0 Å². The Balaban J connectivity index is 2.70. The fourth-order valence-electron chi connectivity index (χ4n) is 0.842. The van der Waals surface area contributed by atoms with Crippen LogP contribution in [0.15, 0.2) is 9.85 Å². The number of hydrogen-bond donors (Lipinski definition) is 0. The molecule has 11 heavy (non-hydrogen) atoms. The van der Waals surface area contributed by atoms with Crippen LogP contribution in [0.2, 0.25) is 0 Å². The smallest absolute Gasteiger partial charge is 0.120 e. The molecule has 0 saturated carbocycles. The van der Waals surface area contributed by atoms with Gasteiger partial charge >= 0.3 is 0 Å². The Bertz CT molecular complexity index is 255. The summed E-state index contributed by atoms with van der Waals surface area (Å²) >= 11 is 5.19. The van der Waals surface area contributed by atoms with Crippen molar-refractivity contribution in [3.05, 3.63) is 20.3 Å². The van der Waals surface area contributed by atoms with Crippen molar-refractivity contribution in [2.24, 2.45) is 0 Å². The molecule has 0 N–H and O–H groups in total. The molecule has 0 aliphatic carbocycles. The van der Waals surface area contributed by atoms with Crippen LogP contribution in [0.5, 0.6) is 0 Å². The van der Waals surface area contributed by atoms with Crippen LogP contribution in [-0.4, -0.2) is 6.29 Å². The normalized spacial score (nSPS) is 10.0. The average Bonchev–Trinajstić information content (AvgIpc) is 2.31. The summed E-state index contributed by atoms with van der Waals surface area (Å²) in [6, 6.07) is 0. The molecule has 0 bridgehead atoms. The summed E-state index contributed by atoms with van der Waals surface area (Å²) in [5, 5.41) is 2.10. The Labute approximate surface area is 78.6 Å². The van der Waals surface area contributed by atoms with Crippen molar-refractivity contribution in [3.63, 3.8) is 0 Å². The highest BCUT2D eigenvalue weighted by molar-refractivity contribution is 9.10. The third kappa shape index (κ3) is 2.14. The van der Waals surface area contributed by atoms with Crippen LogP contribution in [-0.2, 0) is 11.2 Å². The molecule has 1 aromatic heterocycles. The molecule has 0 aliphatic heterocycles. The largest absolute Gasteiger partial charge is 0.303 e. The number of aldehydes is 1. The van der Waals surface area contributed by atoms with Crippen molar-refractivity contribution in [2.45, 2.75) is 19.8 Å². The molecular weight excluding hydrogens is 224 g/mol. The molecule has 1 rings (SSSR count). The van der Waals surface area contributed by atoms with Crippen molar-refractivity contribution in [1.82, 2.24) is 0 Å². The van der Waals surface area contributed by atoms with E-state index >= 15 is 0 Å². The summed E-state index contributed by atoms with van der Waals surface area (Å²) in [7, 11) is 0. The van der Waals surface area contributed by atoms with Crippen LogP contribution in [0, 0.1) is 6.92 Å². The van der Waals surface area contributed by atoms with Crippen LogP contribution in [0.1, 0.15) is 16.9 Å². The first-order chi connectivity index (χ1) is 5.25. The number of hydrogen-bond acceptors (Lipinski definition) is 2. The molecule has 0 atom stereocenters. The minimum Gasteiger partial charge on any atom is -0.303 e. The standard InChI is InChI=1S/C8H9BrOS/c1-6-5-11-7(8(6)9)3-2-4-10/h4-5H,2-3H2,1H3. The minimum atomic E-state index is 0.624. The molecule has 3 heteroatoms. The molecule has 60 valence electrons. The summed E-state index contributed by atoms with van der Waals surface area (Å²) < 4.78 is 1.17. The van der Waals surface area contributed by atoms with Crippen LogP contribution >= 0.6 is 27.3 Å². The zero-order valence-corrected chi connectivity index (χ0v) is 8.67. The van der Waals surface area contributed by atoms with E-state index in [0.29, 0.717) is 6.42 Å². The Morgan fingerprint density at radius 2 is 2.45 bits per heavy atom. The average molecular weight is 233 g/mol.